The van der Waals surface area contributed by atoms with Crippen LogP contribution in [0.1, 0.15) is 57.3 Å². The average molecular weight is 586 g/mol. The summed E-state index contributed by atoms with van der Waals surface area (Å²) in [6.45, 7) is 0. The quantitative estimate of drug-likeness (QED) is 0.168. The molecular weight excluding hydrogens is 554 g/mol. The molecule has 1 saturated carbocycles. The third kappa shape index (κ3) is 7.78. The van der Waals surface area contributed by atoms with Crippen LogP contribution in [0.4, 0.5) is 0 Å². The molecule has 1 fully saturated rings. The van der Waals surface area contributed by atoms with Crippen molar-refractivity contribution in [1.29, 1.82) is 0 Å². The number of benzene rings is 3. The van der Waals surface area contributed by atoms with Crippen molar-refractivity contribution in [2.75, 3.05) is 12.9 Å². The highest BCUT2D eigenvalue weighted by atomic mass is 35.5. The third-order valence-corrected chi connectivity index (χ3v) is 9.29. The van der Waals surface area contributed by atoms with Gasteiger partial charge in [0.2, 0.25) is 0 Å². The van der Waals surface area contributed by atoms with Crippen LogP contribution in [-0.2, 0) is 16.0 Å². The number of carbonyl (C=O) groups is 2. The largest absolute Gasteiger partial charge is 0.481 e. The molecule has 5 rings (SSSR count). The van der Waals surface area contributed by atoms with Gasteiger partial charge in [-0.3, -0.25) is 4.79 Å². The zero-order valence-corrected chi connectivity index (χ0v) is 24.4. The molecular formula is C34H32ClNO4S. The van der Waals surface area contributed by atoms with Gasteiger partial charge in [-0.1, -0.05) is 72.3 Å². The first kappa shape index (κ1) is 28.9. The molecule has 1 aromatic heterocycles. The minimum absolute atomic E-state index is 0.195. The number of fused-ring (bicyclic) bond motifs is 1. The topological polar surface area (TPSA) is 76.5 Å². The summed E-state index contributed by atoms with van der Waals surface area (Å²) in [7, 11) is 1.41. The van der Waals surface area contributed by atoms with E-state index in [-0.39, 0.29) is 23.6 Å². The number of methoxy groups -OCH3 is 1. The maximum atomic E-state index is 12.3. The molecule has 1 aliphatic rings. The molecule has 0 bridgehead atoms. The molecule has 210 valence electrons. The summed E-state index contributed by atoms with van der Waals surface area (Å²) in [6.07, 6.45) is 6.88. The number of carboxylic acids is 1. The molecule has 0 saturated heterocycles. The number of thioether (sulfide) groups is 1. The van der Waals surface area contributed by atoms with Crippen molar-refractivity contribution in [3.05, 3.63) is 112 Å². The van der Waals surface area contributed by atoms with Crippen LogP contribution in [0, 0.1) is 11.8 Å². The molecule has 3 atom stereocenters. The molecule has 4 aromatic rings. The van der Waals surface area contributed by atoms with E-state index in [9.17, 15) is 9.59 Å². The van der Waals surface area contributed by atoms with Gasteiger partial charge in [-0.15, -0.1) is 0 Å². The van der Waals surface area contributed by atoms with Gasteiger partial charge < -0.3 is 9.84 Å². The van der Waals surface area contributed by atoms with Crippen molar-refractivity contribution >= 4 is 58.4 Å². The van der Waals surface area contributed by atoms with Gasteiger partial charge in [0.25, 0.3) is 0 Å². The molecule has 1 heterocycles. The van der Waals surface area contributed by atoms with E-state index in [1.807, 2.05) is 72.4 Å². The number of halogens is 1. The summed E-state index contributed by atoms with van der Waals surface area (Å²) >= 11 is 8.04. The van der Waals surface area contributed by atoms with Crippen LogP contribution in [0.3, 0.4) is 0 Å². The number of aliphatic carboxylic acids is 1. The second-order valence-corrected chi connectivity index (χ2v) is 12.1. The van der Waals surface area contributed by atoms with E-state index < -0.39 is 5.97 Å². The highest BCUT2D eigenvalue weighted by Crippen LogP contribution is 2.46. The van der Waals surface area contributed by atoms with E-state index >= 15 is 0 Å². The van der Waals surface area contributed by atoms with Gasteiger partial charge >= 0.3 is 11.9 Å². The Morgan fingerprint density at radius 2 is 1.88 bits per heavy atom. The van der Waals surface area contributed by atoms with E-state index in [1.165, 1.54) is 12.7 Å². The fourth-order valence-corrected chi connectivity index (χ4v) is 6.83. The van der Waals surface area contributed by atoms with Crippen molar-refractivity contribution in [2.24, 2.45) is 11.8 Å². The van der Waals surface area contributed by atoms with Crippen LogP contribution < -0.4 is 0 Å². The van der Waals surface area contributed by atoms with Crippen LogP contribution in [0.25, 0.3) is 23.1 Å². The van der Waals surface area contributed by atoms with Crippen LogP contribution in [0.5, 0.6) is 0 Å². The number of rotatable bonds is 12. The number of pyridine rings is 1. The van der Waals surface area contributed by atoms with Crippen molar-refractivity contribution in [2.45, 2.75) is 30.9 Å². The predicted octanol–water partition coefficient (Wildman–Crippen LogP) is 8.36. The molecule has 1 aliphatic carbocycles. The molecule has 0 radical (unpaired) electrons. The lowest BCUT2D eigenvalue weighted by molar-refractivity contribution is -0.137. The Morgan fingerprint density at radius 1 is 1.05 bits per heavy atom. The summed E-state index contributed by atoms with van der Waals surface area (Å²) in [5, 5.41) is 11.1. The highest BCUT2D eigenvalue weighted by Gasteiger charge is 2.38. The first-order valence-electron chi connectivity index (χ1n) is 13.7. The number of ether oxygens (including phenoxy) is 1. The number of hydrogen-bond acceptors (Lipinski definition) is 5. The zero-order chi connectivity index (χ0) is 28.8. The number of aromatic nitrogens is 1. The lowest BCUT2D eigenvalue weighted by Gasteiger charge is -2.19. The maximum absolute atomic E-state index is 12.3. The van der Waals surface area contributed by atoms with Crippen LogP contribution >= 0.6 is 23.4 Å². The van der Waals surface area contributed by atoms with Gasteiger partial charge in [-0.2, -0.15) is 11.8 Å². The molecule has 41 heavy (non-hydrogen) atoms. The van der Waals surface area contributed by atoms with Gasteiger partial charge in [0.15, 0.2) is 0 Å². The number of nitrogens with zero attached hydrogens (tertiary/aromatic N) is 1. The van der Waals surface area contributed by atoms with Gasteiger partial charge in [0.1, 0.15) is 0 Å². The van der Waals surface area contributed by atoms with Crippen molar-refractivity contribution < 1.29 is 19.4 Å². The summed E-state index contributed by atoms with van der Waals surface area (Å²) in [5.41, 5.74) is 5.57. The second-order valence-electron chi connectivity index (χ2n) is 10.4. The molecule has 3 unspecified atom stereocenters. The lowest BCUT2D eigenvalue weighted by atomic mass is 9.98. The molecule has 0 spiro atoms. The number of hydrogen-bond donors (Lipinski definition) is 1. The molecule has 1 N–H and O–H groups in total. The maximum Gasteiger partial charge on any atom is 0.338 e. The summed E-state index contributed by atoms with van der Waals surface area (Å²) in [5.74, 6) is 0.596. The Kier molecular flexibility index (Phi) is 9.42. The first-order chi connectivity index (χ1) is 19.9. The minimum Gasteiger partial charge on any atom is -0.481 e. The first-order valence-corrected chi connectivity index (χ1v) is 15.2. The lowest BCUT2D eigenvalue weighted by Crippen LogP contribution is -2.07. The Morgan fingerprint density at radius 3 is 2.71 bits per heavy atom. The predicted molar refractivity (Wildman–Crippen MR) is 167 cm³/mol. The Labute approximate surface area is 249 Å². The standard InChI is InChI=1S/C34H32ClNO4S/c1-40-34(39)30-8-3-2-6-23(30)12-16-32(41-21-27-18-26(27)19-33(37)38)25-7-4-5-22(17-25)9-14-29-15-11-24-10-13-28(35)20-31(24)36-29/h2-11,13-15,17,20,26-27,32H,12,16,18-19,21H2,1H3,(H,37,38). The average Bonchev–Trinajstić information content (AvgIpc) is 3.72. The Balaban J connectivity index is 1.34. The number of carboxylic acid groups (broad SMARTS) is 1. The number of carbonyl (C=O) groups excluding carboxylic acids is 1. The van der Waals surface area contributed by atoms with Gasteiger partial charge in [-0.25, -0.2) is 9.78 Å². The molecule has 3 aromatic carbocycles. The number of aryl methyl sites for hydroxylation is 1. The highest BCUT2D eigenvalue weighted by molar-refractivity contribution is 7.99. The molecule has 7 heteroatoms. The monoisotopic (exact) mass is 585 g/mol. The van der Waals surface area contributed by atoms with E-state index in [1.54, 1.807) is 0 Å². The fraction of sp³-hybridized carbons (Fsp3) is 0.265. The van der Waals surface area contributed by atoms with E-state index in [0.29, 0.717) is 16.5 Å². The van der Waals surface area contributed by atoms with Gasteiger partial charge in [0, 0.05) is 22.1 Å². The number of esters is 1. The molecule has 0 aliphatic heterocycles. The summed E-state index contributed by atoms with van der Waals surface area (Å²) in [6, 6.07) is 25.9. The van der Waals surface area contributed by atoms with Crippen molar-refractivity contribution in [1.82, 2.24) is 4.98 Å². The SMILES string of the molecule is COC(=O)c1ccccc1CCC(SCC1CC1CC(=O)O)c1cccc(C=Cc2ccc3ccc(Cl)cc3n2)c1. The van der Waals surface area contributed by atoms with Gasteiger partial charge in [-0.05, 0) is 83.9 Å². The molecule has 0 amide bonds. The minimum atomic E-state index is -0.720. The Bertz CT molecular complexity index is 1590. The zero-order valence-electron chi connectivity index (χ0n) is 22.8. The smallest absolute Gasteiger partial charge is 0.338 e. The van der Waals surface area contributed by atoms with Crippen LogP contribution in [-0.4, -0.2) is 34.9 Å². The van der Waals surface area contributed by atoms with Crippen molar-refractivity contribution in [3.63, 3.8) is 0 Å². The Hall–Kier alpha value is -3.61. The van der Waals surface area contributed by atoms with Crippen molar-refractivity contribution in [3.8, 4) is 0 Å². The van der Waals surface area contributed by atoms with Crippen LogP contribution in [0.2, 0.25) is 5.02 Å². The second kappa shape index (κ2) is 13.4. The third-order valence-electron chi connectivity index (χ3n) is 7.52. The van der Waals surface area contributed by atoms with E-state index in [4.69, 9.17) is 26.4 Å². The summed E-state index contributed by atoms with van der Waals surface area (Å²) < 4.78 is 5.00. The van der Waals surface area contributed by atoms with E-state index in [2.05, 4.69) is 30.3 Å². The fourth-order valence-electron chi connectivity index (χ4n) is 5.15. The van der Waals surface area contributed by atoms with Crippen LogP contribution in [0.15, 0.2) is 78.9 Å². The molecule has 5 nitrogen and oxygen atoms in total. The van der Waals surface area contributed by atoms with E-state index in [0.717, 1.165) is 52.7 Å². The summed E-state index contributed by atoms with van der Waals surface area (Å²) in [4.78, 5) is 28.2. The normalized spacial score (nSPS) is 17.0. The van der Waals surface area contributed by atoms with Gasteiger partial charge in [0.05, 0.1) is 23.9 Å².